The van der Waals surface area contributed by atoms with Crippen LogP contribution in [0.2, 0.25) is 0 Å². The third kappa shape index (κ3) is 5.50. The number of rotatable bonds is 7. The molecule has 1 aliphatic heterocycles. The zero-order valence-corrected chi connectivity index (χ0v) is 29.3. The van der Waals surface area contributed by atoms with Crippen molar-refractivity contribution < 1.29 is 50.4 Å². The third-order valence-corrected chi connectivity index (χ3v) is 13.4. The van der Waals surface area contributed by atoms with E-state index < -0.39 is 272 Å². The van der Waals surface area contributed by atoms with Gasteiger partial charge in [-0.3, -0.25) is 0 Å². The number of fused-ring (bicyclic) bond motifs is 3. The molecule has 9 rings (SSSR count). The Bertz CT molecular complexity index is 4040. The molecule has 0 aliphatic carbocycles. The lowest BCUT2D eigenvalue weighted by Gasteiger charge is -2.34. The monoisotopic (exact) mass is 733 g/mol. The molecule has 0 atom stereocenters. The van der Waals surface area contributed by atoms with E-state index in [1.54, 1.807) is 27.7 Å². The fraction of sp³-hybridized carbons (Fsp3) is 0.125. The van der Waals surface area contributed by atoms with E-state index in [0.717, 1.165) is 0 Å². The molecule has 53 heavy (non-hydrogen) atoms. The molecule has 5 heteroatoms. The molecule has 3 nitrogen and oxygen atoms in total. The molecule has 0 spiro atoms. The van der Waals surface area contributed by atoms with Crippen molar-refractivity contribution in [3.8, 4) is 16.8 Å². The van der Waals surface area contributed by atoms with Gasteiger partial charge in [-0.05, 0) is 95.2 Å². The standard InChI is InChI=1S/C48H42BNO2Si/c1-47(2)48(3,4)52-49(51-47)37-19-16-18-35(32-37)36-30-31-46-44(33-36)43-28-14-15-29-45(43)50(46)38-20-17-27-42(34-38)53(39-21-8-5-9-22-39,40-23-10-6-11-24-40)41-25-12-7-13-26-41/h5-34H,1-4H3/i5D,6D,7D,8D,9D,10D,11D,12D,13D,14D,15D,16D,17D,18D,19D,20D,21D,22D,23D,24D,25D,26D,27D,28D,29D,30D,31D,32D,33D,34D. The lowest BCUT2D eigenvalue weighted by Crippen LogP contribution is -2.74. The van der Waals surface area contributed by atoms with Crippen LogP contribution in [0.1, 0.15) is 68.8 Å². The molecular formula is C48H42BNO2Si. The second kappa shape index (κ2) is 12.9. The molecule has 1 aliphatic rings. The lowest BCUT2D eigenvalue weighted by molar-refractivity contribution is 0.00578. The second-order valence-corrected chi connectivity index (χ2v) is 16.4. The van der Waals surface area contributed by atoms with Crippen LogP contribution >= 0.6 is 0 Å². The van der Waals surface area contributed by atoms with Crippen LogP contribution in [0, 0.1) is 0 Å². The highest BCUT2D eigenvalue weighted by molar-refractivity contribution is 7.19. The first-order chi connectivity index (χ1) is 38.2. The fourth-order valence-corrected chi connectivity index (χ4v) is 9.68. The van der Waals surface area contributed by atoms with Crippen molar-refractivity contribution in [1.29, 1.82) is 0 Å². The highest BCUT2D eigenvalue weighted by atomic mass is 28.3. The minimum absolute atomic E-state index is 0.428. The summed E-state index contributed by atoms with van der Waals surface area (Å²) in [7, 11) is -8.04. The second-order valence-electron chi connectivity index (χ2n) is 12.9. The maximum Gasteiger partial charge on any atom is 0.494 e. The molecule has 0 amide bonds. The first-order valence-electron chi connectivity index (χ1n) is 31.1. The molecule has 1 aromatic heterocycles. The van der Waals surface area contributed by atoms with E-state index in [4.69, 9.17) is 28.5 Å². The van der Waals surface area contributed by atoms with Gasteiger partial charge in [-0.2, -0.15) is 0 Å². The van der Waals surface area contributed by atoms with Crippen molar-refractivity contribution in [2.45, 2.75) is 38.9 Å². The molecule has 2 heterocycles. The van der Waals surface area contributed by atoms with Crippen molar-refractivity contribution in [3.63, 3.8) is 0 Å². The Labute approximate surface area is 355 Å². The third-order valence-electron chi connectivity index (χ3n) is 9.38. The minimum atomic E-state index is -6.49. The molecule has 0 bridgehead atoms. The van der Waals surface area contributed by atoms with Crippen LogP contribution < -0.4 is 26.2 Å². The van der Waals surface area contributed by atoms with Gasteiger partial charge >= 0.3 is 7.12 Å². The Balaban J connectivity index is 1.60. The van der Waals surface area contributed by atoms with E-state index in [-0.39, 0.29) is 0 Å². The van der Waals surface area contributed by atoms with Crippen molar-refractivity contribution in [2.75, 3.05) is 0 Å². The Morgan fingerprint density at radius 3 is 1.60 bits per heavy atom. The van der Waals surface area contributed by atoms with E-state index in [1.165, 1.54) is 0 Å². The molecule has 0 saturated carbocycles. The van der Waals surface area contributed by atoms with E-state index in [9.17, 15) is 21.9 Å². The van der Waals surface area contributed by atoms with Crippen LogP contribution in [0.15, 0.2) is 181 Å². The van der Waals surface area contributed by atoms with Gasteiger partial charge in [0, 0.05) is 16.5 Å². The summed E-state index contributed by atoms with van der Waals surface area (Å²) in [6, 6.07) is -34.5. The van der Waals surface area contributed by atoms with Gasteiger partial charge in [-0.15, -0.1) is 0 Å². The minimum Gasteiger partial charge on any atom is -0.399 e. The summed E-state index contributed by atoms with van der Waals surface area (Å²) >= 11 is 0. The molecule has 258 valence electrons. The molecule has 7 aromatic carbocycles. The molecule has 8 aromatic rings. The summed E-state index contributed by atoms with van der Waals surface area (Å²) < 4.78 is 291. The maximum atomic E-state index is 10.4. The predicted octanol–water partition coefficient (Wildman–Crippen LogP) is 8.13. The van der Waals surface area contributed by atoms with Gasteiger partial charge in [0.05, 0.1) is 63.4 Å². The van der Waals surface area contributed by atoms with Crippen molar-refractivity contribution in [3.05, 3.63) is 181 Å². The highest BCUT2D eigenvalue weighted by Crippen LogP contribution is 2.38. The molecule has 1 saturated heterocycles. The first kappa shape index (κ1) is 14.1. The van der Waals surface area contributed by atoms with Gasteiger partial charge in [-0.1, -0.05) is 151 Å². The van der Waals surface area contributed by atoms with Gasteiger partial charge in [0.15, 0.2) is 8.07 Å². The molecule has 1 fully saturated rings. The number of para-hydroxylation sites is 1. The van der Waals surface area contributed by atoms with Crippen LogP contribution in [0.3, 0.4) is 0 Å². The maximum absolute atomic E-state index is 10.4. The zero-order valence-electron chi connectivity index (χ0n) is 58.3. The Kier molecular flexibility index (Phi) is 3.42. The topological polar surface area (TPSA) is 23.4 Å². The van der Waals surface area contributed by atoms with E-state index in [0.29, 0.717) is 4.57 Å². The SMILES string of the molecule is [2H]c1c([2H])c([2H])c([Si](c2c([2H])c([2H])c([2H])c([2H])c2[2H])(c2c([2H])c([2H])c([2H])c([2H])c2[2H])c2c([2H])c([2H])c([2H])c(-n3c4c([2H])c([2H])c([2H])c([2H])c4c4c([2H])c(-c5c([2H])c([2H])c([2H])c(B6OC(C)(C)C(C)(C)O6)c5[2H])c([2H])c([2H])c43)c2[2H])c([2H])c1[2H]. The van der Waals surface area contributed by atoms with Crippen molar-refractivity contribution >= 4 is 63.2 Å². The van der Waals surface area contributed by atoms with E-state index in [2.05, 4.69) is 0 Å². The summed E-state index contributed by atoms with van der Waals surface area (Å²) in [6.07, 6.45) is 0. The lowest BCUT2D eigenvalue weighted by atomic mass is 9.78. The number of benzene rings is 7. The summed E-state index contributed by atoms with van der Waals surface area (Å²) in [5.41, 5.74) is -6.98. The van der Waals surface area contributed by atoms with Gasteiger partial charge in [-0.25, -0.2) is 0 Å². The largest absolute Gasteiger partial charge is 0.494 e. The van der Waals surface area contributed by atoms with Crippen LogP contribution in [-0.4, -0.2) is 31.0 Å². The summed E-state index contributed by atoms with van der Waals surface area (Å²) in [4.78, 5) is 0. The van der Waals surface area contributed by atoms with Crippen LogP contribution in [-0.2, 0) is 9.31 Å². The molecule has 0 radical (unpaired) electrons. The molecular weight excluding hydrogens is 661 g/mol. The van der Waals surface area contributed by atoms with Gasteiger partial charge in [0.2, 0.25) is 0 Å². The zero-order chi connectivity index (χ0) is 62.3. The van der Waals surface area contributed by atoms with Gasteiger partial charge < -0.3 is 13.9 Å². The quantitative estimate of drug-likeness (QED) is 0.122. The molecule has 0 unspecified atom stereocenters. The van der Waals surface area contributed by atoms with Crippen molar-refractivity contribution in [2.24, 2.45) is 0 Å². The van der Waals surface area contributed by atoms with Crippen LogP contribution in [0.25, 0.3) is 38.6 Å². The summed E-state index contributed by atoms with van der Waals surface area (Å²) in [5.74, 6) is 0. The van der Waals surface area contributed by atoms with Crippen molar-refractivity contribution in [1.82, 2.24) is 4.57 Å². The van der Waals surface area contributed by atoms with Crippen LogP contribution in [0.5, 0.6) is 0 Å². The first-order valence-corrected chi connectivity index (χ1v) is 18.1. The number of nitrogens with zero attached hydrogens (tertiary/aromatic N) is 1. The van der Waals surface area contributed by atoms with Gasteiger partial charge in [0.25, 0.3) is 0 Å². The Morgan fingerprint density at radius 2 is 0.981 bits per heavy atom. The van der Waals surface area contributed by atoms with E-state index >= 15 is 0 Å². The average molecular weight is 734 g/mol. The summed E-state index contributed by atoms with van der Waals surface area (Å²) in [6.45, 7) is 6.62. The van der Waals surface area contributed by atoms with E-state index in [1.807, 2.05) is 0 Å². The highest BCUT2D eigenvalue weighted by Gasteiger charge is 2.51. The molecule has 0 N–H and O–H groups in total. The Hall–Kier alpha value is -5.46. The smallest absolute Gasteiger partial charge is 0.399 e. The average Bonchev–Trinajstić information content (AvgIpc) is 1.68. The number of hydrogen-bond acceptors (Lipinski definition) is 2. The summed E-state index contributed by atoms with van der Waals surface area (Å²) in [5, 5.41) is -6.27. The number of hydrogen-bond donors (Lipinski definition) is 0. The van der Waals surface area contributed by atoms with Gasteiger partial charge in [0.1, 0.15) is 0 Å². The fourth-order valence-electron chi connectivity index (χ4n) is 6.12. The number of aromatic nitrogens is 1. The normalized spacial score (nSPS) is 23.2. The Morgan fingerprint density at radius 1 is 0.472 bits per heavy atom. The van der Waals surface area contributed by atoms with Crippen LogP contribution in [0.4, 0.5) is 0 Å². The predicted molar refractivity (Wildman–Crippen MR) is 226 cm³/mol.